The van der Waals surface area contributed by atoms with Crippen molar-refractivity contribution < 1.29 is 19.0 Å². The van der Waals surface area contributed by atoms with Crippen LogP contribution < -0.4 is 14.8 Å². The number of nitrogens with zero attached hydrogens (tertiary/aromatic N) is 1. The predicted octanol–water partition coefficient (Wildman–Crippen LogP) is 2.08. The number of likely N-dealkylation sites (tertiary alicyclic amines) is 1. The lowest BCUT2D eigenvalue weighted by Gasteiger charge is -2.40. The van der Waals surface area contributed by atoms with E-state index in [0.29, 0.717) is 30.0 Å². The van der Waals surface area contributed by atoms with Crippen molar-refractivity contribution in [3.8, 4) is 11.5 Å². The van der Waals surface area contributed by atoms with E-state index in [1.807, 2.05) is 18.2 Å². The first-order chi connectivity index (χ1) is 12.8. The molecule has 3 rings (SSSR count). The summed E-state index contributed by atoms with van der Waals surface area (Å²) in [6.45, 7) is 4.72. The van der Waals surface area contributed by atoms with Crippen LogP contribution in [0.25, 0.3) is 0 Å². The van der Waals surface area contributed by atoms with Crippen LogP contribution in [-0.2, 0) is 9.53 Å². The van der Waals surface area contributed by atoms with Crippen molar-refractivity contribution >= 4 is 5.91 Å². The summed E-state index contributed by atoms with van der Waals surface area (Å²) in [7, 11) is 1.59. The number of para-hydroxylation sites is 2. The van der Waals surface area contributed by atoms with Gasteiger partial charge in [0.2, 0.25) is 0 Å². The Bertz CT molecular complexity index is 575. The van der Waals surface area contributed by atoms with Gasteiger partial charge >= 0.3 is 0 Å². The van der Waals surface area contributed by atoms with E-state index < -0.39 is 0 Å². The molecule has 144 valence electrons. The molecule has 0 spiro atoms. The summed E-state index contributed by atoms with van der Waals surface area (Å²) in [4.78, 5) is 14.7. The summed E-state index contributed by atoms with van der Waals surface area (Å²) in [5.41, 5.74) is 0. The molecule has 1 aromatic carbocycles. The SMILES string of the molecule is COc1ccccc1OCC(=O)NC[C@@H]1CCCN(C2CCOCC2)C1. The van der Waals surface area contributed by atoms with Crippen molar-refractivity contribution in [2.75, 3.05) is 46.6 Å². The van der Waals surface area contributed by atoms with E-state index in [-0.39, 0.29) is 12.5 Å². The normalized spacial score (nSPS) is 22.0. The molecule has 6 heteroatoms. The standard InChI is InChI=1S/C20H30N2O4/c1-24-18-6-2-3-7-19(18)26-15-20(23)21-13-16-5-4-10-22(14-16)17-8-11-25-12-9-17/h2-3,6-7,16-17H,4-5,8-15H2,1H3,(H,21,23)/t16-/m0/s1. The largest absolute Gasteiger partial charge is 0.493 e. The van der Waals surface area contributed by atoms with Gasteiger partial charge in [-0.1, -0.05) is 12.1 Å². The quantitative estimate of drug-likeness (QED) is 0.805. The van der Waals surface area contributed by atoms with Gasteiger partial charge < -0.3 is 19.5 Å². The second kappa shape index (κ2) is 9.78. The molecule has 2 heterocycles. The molecule has 0 saturated carbocycles. The summed E-state index contributed by atoms with van der Waals surface area (Å²) in [6.07, 6.45) is 4.64. The van der Waals surface area contributed by atoms with Crippen molar-refractivity contribution in [3.05, 3.63) is 24.3 Å². The molecule has 26 heavy (non-hydrogen) atoms. The maximum Gasteiger partial charge on any atom is 0.257 e. The third-order valence-corrected chi connectivity index (χ3v) is 5.27. The number of carbonyl (C=O) groups is 1. The number of rotatable bonds is 7. The zero-order valence-corrected chi connectivity index (χ0v) is 15.6. The molecule has 0 bridgehead atoms. The summed E-state index contributed by atoms with van der Waals surface area (Å²) >= 11 is 0. The van der Waals surface area contributed by atoms with E-state index in [0.717, 1.165) is 32.6 Å². The minimum Gasteiger partial charge on any atom is -0.493 e. The first-order valence-corrected chi connectivity index (χ1v) is 9.60. The number of nitrogens with one attached hydrogen (secondary N) is 1. The number of amides is 1. The Balaban J connectivity index is 1.39. The minimum atomic E-state index is -0.0842. The summed E-state index contributed by atoms with van der Waals surface area (Å²) in [6, 6.07) is 8.01. The van der Waals surface area contributed by atoms with Crippen LogP contribution in [0.3, 0.4) is 0 Å². The Labute approximate surface area is 155 Å². The topological polar surface area (TPSA) is 60.0 Å². The number of ether oxygens (including phenoxy) is 3. The molecule has 6 nitrogen and oxygen atoms in total. The molecule has 0 radical (unpaired) electrons. The van der Waals surface area contributed by atoms with Crippen molar-refractivity contribution in [2.45, 2.75) is 31.7 Å². The molecule has 2 fully saturated rings. The van der Waals surface area contributed by atoms with Crippen molar-refractivity contribution in [1.29, 1.82) is 0 Å². The van der Waals surface area contributed by atoms with Gasteiger partial charge in [0.15, 0.2) is 18.1 Å². The maximum atomic E-state index is 12.1. The van der Waals surface area contributed by atoms with Crippen LogP contribution in [0.1, 0.15) is 25.7 Å². The third-order valence-electron chi connectivity index (χ3n) is 5.27. The van der Waals surface area contributed by atoms with Crippen LogP contribution in [0.2, 0.25) is 0 Å². The smallest absolute Gasteiger partial charge is 0.257 e. The first kappa shape index (κ1) is 19.0. The molecule has 1 amide bonds. The molecule has 2 saturated heterocycles. The number of carbonyl (C=O) groups excluding carboxylic acids is 1. The van der Waals surface area contributed by atoms with Gasteiger partial charge in [-0.15, -0.1) is 0 Å². The minimum absolute atomic E-state index is 0.0107. The van der Waals surface area contributed by atoms with E-state index in [1.165, 1.54) is 19.4 Å². The lowest BCUT2D eigenvalue weighted by molar-refractivity contribution is -0.123. The van der Waals surface area contributed by atoms with Crippen LogP contribution in [0.15, 0.2) is 24.3 Å². The van der Waals surface area contributed by atoms with Crippen LogP contribution in [0.5, 0.6) is 11.5 Å². The Morgan fingerprint density at radius 1 is 1.23 bits per heavy atom. The van der Waals surface area contributed by atoms with Gasteiger partial charge in [0, 0.05) is 32.3 Å². The lowest BCUT2D eigenvalue weighted by atomic mass is 9.95. The van der Waals surface area contributed by atoms with Gasteiger partial charge in [0.05, 0.1) is 7.11 Å². The van der Waals surface area contributed by atoms with Crippen molar-refractivity contribution in [3.63, 3.8) is 0 Å². The van der Waals surface area contributed by atoms with E-state index >= 15 is 0 Å². The van der Waals surface area contributed by atoms with E-state index in [9.17, 15) is 4.79 Å². The fourth-order valence-corrected chi connectivity index (χ4v) is 3.84. The van der Waals surface area contributed by atoms with Crippen molar-refractivity contribution in [2.24, 2.45) is 5.92 Å². The Morgan fingerprint density at radius 3 is 2.77 bits per heavy atom. The number of hydrogen-bond donors (Lipinski definition) is 1. The Morgan fingerprint density at radius 2 is 2.00 bits per heavy atom. The first-order valence-electron chi connectivity index (χ1n) is 9.60. The monoisotopic (exact) mass is 362 g/mol. The van der Waals surface area contributed by atoms with Gasteiger partial charge in [-0.25, -0.2) is 0 Å². The molecule has 2 aliphatic heterocycles. The predicted molar refractivity (Wildman–Crippen MR) is 99.6 cm³/mol. The zero-order valence-electron chi connectivity index (χ0n) is 15.6. The average Bonchev–Trinajstić information content (AvgIpc) is 2.71. The molecule has 0 aromatic heterocycles. The van der Waals surface area contributed by atoms with Crippen molar-refractivity contribution in [1.82, 2.24) is 10.2 Å². The van der Waals surface area contributed by atoms with Crippen LogP contribution in [-0.4, -0.2) is 63.4 Å². The van der Waals surface area contributed by atoms with Crippen LogP contribution in [0.4, 0.5) is 0 Å². The van der Waals surface area contributed by atoms with Crippen LogP contribution >= 0.6 is 0 Å². The molecule has 2 aliphatic rings. The van der Waals surface area contributed by atoms with Gasteiger partial charge in [0.1, 0.15) is 0 Å². The zero-order chi connectivity index (χ0) is 18.2. The summed E-state index contributed by atoms with van der Waals surface area (Å²) < 4.78 is 16.3. The van der Waals surface area contributed by atoms with Gasteiger partial charge in [-0.05, 0) is 50.3 Å². The lowest BCUT2D eigenvalue weighted by Crippen LogP contribution is -2.47. The van der Waals surface area contributed by atoms with Crippen LogP contribution in [0, 0.1) is 5.92 Å². The molecule has 1 N–H and O–H groups in total. The molecular weight excluding hydrogens is 332 g/mol. The Kier molecular flexibility index (Phi) is 7.14. The summed E-state index contributed by atoms with van der Waals surface area (Å²) in [5.74, 6) is 1.66. The van der Waals surface area contributed by atoms with E-state index in [2.05, 4.69) is 10.2 Å². The Hall–Kier alpha value is -1.79. The molecule has 1 aromatic rings. The molecule has 0 aliphatic carbocycles. The number of benzene rings is 1. The average molecular weight is 362 g/mol. The van der Waals surface area contributed by atoms with E-state index in [1.54, 1.807) is 13.2 Å². The number of piperidine rings is 1. The fraction of sp³-hybridized carbons (Fsp3) is 0.650. The molecule has 1 atom stereocenters. The molecule has 0 unspecified atom stereocenters. The van der Waals surface area contributed by atoms with Gasteiger partial charge in [-0.3, -0.25) is 9.69 Å². The highest BCUT2D eigenvalue weighted by molar-refractivity contribution is 5.77. The summed E-state index contributed by atoms with van der Waals surface area (Å²) in [5, 5.41) is 3.03. The third kappa shape index (κ3) is 5.35. The highest BCUT2D eigenvalue weighted by atomic mass is 16.5. The second-order valence-corrected chi connectivity index (χ2v) is 7.09. The highest BCUT2D eigenvalue weighted by Crippen LogP contribution is 2.25. The second-order valence-electron chi connectivity index (χ2n) is 7.09. The van der Waals surface area contributed by atoms with Gasteiger partial charge in [0.25, 0.3) is 5.91 Å². The fourth-order valence-electron chi connectivity index (χ4n) is 3.84. The molecular formula is C20H30N2O4. The van der Waals surface area contributed by atoms with E-state index in [4.69, 9.17) is 14.2 Å². The number of methoxy groups -OCH3 is 1. The maximum absolute atomic E-state index is 12.1. The van der Waals surface area contributed by atoms with Gasteiger partial charge in [-0.2, -0.15) is 0 Å². The number of hydrogen-bond acceptors (Lipinski definition) is 5. The highest BCUT2D eigenvalue weighted by Gasteiger charge is 2.27.